The molecule has 1 saturated heterocycles. The van der Waals surface area contributed by atoms with Crippen molar-refractivity contribution in [2.45, 2.75) is 12.5 Å². The quantitative estimate of drug-likeness (QED) is 0.839. The number of likely N-dealkylation sites (tertiary alicyclic amines) is 1. The first-order chi connectivity index (χ1) is 11.1. The second kappa shape index (κ2) is 6.39. The first-order valence-electron chi connectivity index (χ1n) is 7.22. The van der Waals surface area contributed by atoms with E-state index in [9.17, 15) is 9.59 Å². The predicted molar refractivity (Wildman–Crippen MR) is 82.7 cm³/mol. The Kier molecular flexibility index (Phi) is 4.13. The van der Waals surface area contributed by atoms with Crippen molar-refractivity contribution in [2.75, 3.05) is 18.4 Å². The molecule has 3 N–H and O–H groups in total. The minimum Gasteiger partial charge on any atom is -0.364 e. The number of carbonyl (C=O) groups is 2. The van der Waals surface area contributed by atoms with Crippen molar-refractivity contribution in [1.82, 2.24) is 19.9 Å². The average Bonchev–Trinajstić information content (AvgIpc) is 3.03. The molecule has 0 spiro atoms. The van der Waals surface area contributed by atoms with Crippen molar-refractivity contribution in [3.05, 3.63) is 48.2 Å². The maximum atomic E-state index is 12.3. The van der Waals surface area contributed by atoms with E-state index in [0.717, 1.165) is 6.42 Å². The summed E-state index contributed by atoms with van der Waals surface area (Å²) in [5.74, 6) is -0.246. The molecule has 1 aliphatic rings. The lowest BCUT2D eigenvalue weighted by Gasteiger charge is -2.17. The van der Waals surface area contributed by atoms with Crippen LogP contribution in [0.15, 0.2) is 36.8 Å². The Morgan fingerprint density at radius 3 is 2.87 bits per heavy atom. The van der Waals surface area contributed by atoms with Gasteiger partial charge in [0.15, 0.2) is 0 Å². The average molecular weight is 312 g/mol. The fourth-order valence-electron chi connectivity index (χ4n) is 2.48. The number of primary amides is 1. The minimum absolute atomic E-state index is 0.0417. The molecule has 1 aliphatic heterocycles. The van der Waals surface area contributed by atoms with Crippen molar-refractivity contribution in [1.29, 1.82) is 0 Å². The second-order valence-corrected chi connectivity index (χ2v) is 5.25. The van der Waals surface area contributed by atoms with E-state index < -0.39 is 5.91 Å². The fraction of sp³-hybridized carbons (Fsp3) is 0.267. The molecule has 118 valence electrons. The van der Waals surface area contributed by atoms with Gasteiger partial charge in [0.05, 0.1) is 12.4 Å². The summed E-state index contributed by atoms with van der Waals surface area (Å²) in [4.78, 5) is 37.3. The van der Waals surface area contributed by atoms with Gasteiger partial charge in [-0.25, -0.2) is 4.98 Å². The number of carbonyl (C=O) groups excluding carboxylic acids is 2. The molecule has 0 aliphatic carbocycles. The summed E-state index contributed by atoms with van der Waals surface area (Å²) >= 11 is 0. The highest BCUT2D eigenvalue weighted by atomic mass is 16.2. The highest BCUT2D eigenvalue weighted by molar-refractivity contribution is 5.92. The molecule has 8 heteroatoms. The topological polar surface area (TPSA) is 114 Å². The fourth-order valence-corrected chi connectivity index (χ4v) is 2.48. The van der Waals surface area contributed by atoms with Crippen LogP contribution in [0.3, 0.4) is 0 Å². The van der Waals surface area contributed by atoms with Crippen molar-refractivity contribution >= 4 is 17.6 Å². The largest absolute Gasteiger partial charge is 0.364 e. The zero-order valence-electron chi connectivity index (χ0n) is 12.3. The van der Waals surface area contributed by atoms with E-state index >= 15 is 0 Å². The van der Waals surface area contributed by atoms with Crippen LogP contribution < -0.4 is 11.1 Å². The van der Waals surface area contributed by atoms with Gasteiger partial charge in [-0.2, -0.15) is 0 Å². The summed E-state index contributed by atoms with van der Waals surface area (Å²) in [6.07, 6.45) is 5.22. The maximum Gasteiger partial charge on any atom is 0.272 e. The standard InChI is InChI=1S/C15H16N6O2/c16-14(22)12-7-17-8-13(20-12)19-10-4-6-21(9-10)15(23)11-3-1-2-5-18-11/h1-3,5,7-8,10H,4,6,9H2,(H2,16,22)(H,19,20). The van der Waals surface area contributed by atoms with E-state index in [1.165, 1.54) is 12.4 Å². The molecule has 0 bridgehead atoms. The van der Waals surface area contributed by atoms with Crippen molar-refractivity contribution in [2.24, 2.45) is 5.73 Å². The van der Waals surface area contributed by atoms with Gasteiger partial charge in [-0.15, -0.1) is 0 Å². The number of rotatable bonds is 4. The highest BCUT2D eigenvalue weighted by Crippen LogP contribution is 2.16. The third-order valence-corrected chi connectivity index (χ3v) is 3.60. The van der Waals surface area contributed by atoms with Gasteiger partial charge >= 0.3 is 0 Å². The number of pyridine rings is 1. The van der Waals surface area contributed by atoms with Crippen LogP contribution in [0, 0.1) is 0 Å². The highest BCUT2D eigenvalue weighted by Gasteiger charge is 2.27. The van der Waals surface area contributed by atoms with Crippen LogP contribution in [0.25, 0.3) is 0 Å². The van der Waals surface area contributed by atoms with Gasteiger partial charge in [-0.3, -0.25) is 19.6 Å². The van der Waals surface area contributed by atoms with Crippen LogP contribution in [0.4, 0.5) is 5.82 Å². The first-order valence-corrected chi connectivity index (χ1v) is 7.22. The van der Waals surface area contributed by atoms with E-state index in [2.05, 4.69) is 20.3 Å². The number of anilines is 1. The second-order valence-electron chi connectivity index (χ2n) is 5.25. The molecular weight excluding hydrogens is 296 g/mol. The predicted octanol–water partition coefficient (Wildman–Crippen LogP) is 0.297. The van der Waals surface area contributed by atoms with Crippen LogP contribution in [0.5, 0.6) is 0 Å². The molecule has 3 rings (SSSR count). The van der Waals surface area contributed by atoms with Crippen LogP contribution >= 0.6 is 0 Å². The normalized spacial score (nSPS) is 17.0. The number of nitrogens with one attached hydrogen (secondary N) is 1. The van der Waals surface area contributed by atoms with Crippen LogP contribution in [0.2, 0.25) is 0 Å². The minimum atomic E-state index is -0.625. The molecule has 1 unspecified atom stereocenters. The Morgan fingerprint density at radius 1 is 1.26 bits per heavy atom. The lowest BCUT2D eigenvalue weighted by atomic mass is 10.2. The summed E-state index contributed by atoms with van der Waals surface area (Å²) < 4.78 is 0. The molecule has 0 saturated carbocycles. The first kappa shape index (κ1) is 14.9. The van der Waals surface area contributed by atoms with E-state index in [1.807, 2.05) is 0 Å². The third-order valence-electron chi connectivity index (χ3n) is 3.60. The van der Waals surface area contributed by atoms with E-state index in [1.54, 1.807) is 29.3 Å². The molecule has 0 aromatic carbocycles. The molecule has 8 nitrogen and oxygen atoms in total. The van der Waals surface area contributed by atoms with Crippen LogP contribution in [-0.2, 0) is 0 Å². The van der Waals surface area contributed by atoms with Crippen LogP contribution in [0.1, 0.15) is 27.4 Å². The number of nitrogens with two attached hydrogens (primary N) is 1. The van der Waals surface area contributed by atoms with Gasteiger partial charge in [0.1, 0.15) is 17.2 Å². The molecule has 0 radical (unpaired) electrons. The molecule has 23 heavy (non-hydrogen) atoms. The lowest BCUT2D eigenvalue weighted by molar-refractivity contribution is 0.0785. The Morgan fingerprint density at radius 2 is 2.13 bits per heavy atom. The van der Waals surface area contributed by atoms with E-state index in [-0.39, 0.29) is 17.6 Å². The third kappa shape index (κ3) is 3.42. The van der Waals surface area contributed by atoms with Crippen molar-refractivity contribution < 1.29 is 9.59 Å². The summed E-state index contributed by atoms with van der Waals surface area (Å²) in [6, 6.07) is 5.30. The van der Waals surface area contributed by atoms with Gasteiger partial charge < -0.3 is 16.0 Å². The molecule has 1 atom stereocenters. The monoisotopic (exact) mass is 312 g/mol. The molecule has 2 aromatic rings. The van der Waals surface area contributed by atoms with Gasteiger partial charge in [0, 0.05) is 25.3 Å². The number of aromatic nitrogens is 3. The van der Waals surface area contributed by atoms with Gasteiger partial charge in [-0.1, -0.05) is 6.07 Å². The molecular formula is C15H16N6O2. The number of amides is 2. The number of hydrogen-bond donors (Lipinski definition) is 2. The Bertz CT molecular complexity index is 721. The maximum absolute atomic E-state index is 12.3. The van der Waals surface area contributed by atoms with Crippen molar-refractivity contribution in [3.63, 3.8) is 0 Å². The van der Waals surface area contributed by atoms with Crippen molar-refractivity contribution in [3.8, 4) is 0 Å². The SMILES string of the molecule is NC(=O)c1cncc(NC2CCN(C(=O)c3ccccn3)C2)n1. The Hall–Kier alpha value is -3.03. The van der Waals surface area contributed by atoms with E-state index in [0.29, 0.717) is 24.6 Å². The van der Waals surface area contributed by atoms with Gasteiger partial charge in [0.25, 0.3) is 11.8 Å². The summed E-state index contributed by atoms with van der Waals surface area (Å²) in [6.45, 7) is 1.17. The molecule has 2 amide bonds. The van der Waals surface area contributed by atoms with Gasteiger partial charge in [0.2, 0.25) is 0 Å². The van der Waals surface area contributed by atoms with E-state index in [4.69, 9.17) is 5.73 Å². The number of nitrogens with zero attached hydrogens (tertiary/aromatic N) is 4. The smallest absolute Gasteiger partial charge is 0.272 e. The Labute approximate surface area is 132 Å². The molecule has 2 aromatic heterocycles. The summed E-state index contributed by atoms with van der Waals surface area (Å²) in [7, 11) is 0. The zero-order valence-corrected chi connectivity index (χ0v) is 12.3. The zero-order chi connectivity index (χ0) is 16.2. The summed E-state index contributed by atoms with van der Waals surface area (Å²) in [5.41, 5.74) is 5.73. The number of hydrogen-bond acceptors (Lipinski definition) is 6. The van der Waals surface area contributed by atoms with Crippen LogP contribution in [-0.4, -0.2) is 50.8 Å². The molecule has 1 fully saturated rings. The molecule has 3 heterocycles. The summed E-state index contributed by atoms with van der Waals surface area (Å²) in [5, 5.41) is 3.18. The Balaban J connectivity index is 1.63. The lowest BCUT2D eigenvalue weighted by Crippen LogP contribution is -2.32. The van der Waals surface area contributed by atoms with Gasteiger partial charge in [-0.05, 0) is 18.6 Å².